The lowest BCUT2D eigenvalue weighted by Gasteiger charge is -2.02. The number of phenols is 1. The van der Waals surface area contributed by atoms with Gasteiger partial charge in [0.25, 0.3) is 0 Å². The highest BCUT2D eigenvalue weighted by molar-refractivity contribution is 5.18. The van der Waals surface area contributed by atoms with E-state index in [1.165, 1.54) is 12.0 Å². The van der Waals surface area contributed by atoms with Crippen LogP contribution in [0.3, 0.4) is 0 Å². The van der Waals surface area contributed by atoms with Gasteiger partial charge in [-0.1, -0.05) is 61.9 Å². The lowest BCUT2D eigenvalue weighted by molar-refractivity contribution is 0.118. The van der Waals surface area contributed by atoms with Crippen molar-refractivity contribution in [2.75, 3.05) is 6.61 Å². The fourth-order valence-electron chi connectivity index (χ4n) is 1.44. The van der Waals surface area contributed by atoms with E-state index in [1.807, 2.05) is 24.3 Å². The Bertz CT molecular complexity index is 412. The van der Waals surface area contributed by atoms with Crippen molar-refractivity contribution in [3.05, 3.63) is 66.2 Å². The zero-order chi connectivity index (χ0) is 13.8. The number of unbranched alkanes of at least 4 members (excludes halogenated alkanes) is 1. The second-order valence-electron chi connectivity index (χ2n) is 4.23. The van der Waals surface area contributed by atoms with Crippen molar-refractivity contribution < 1.29 is 9.84 Å². The van der Waals surface area contributed by atoms with Gasteiger partial charge in [-0.25, -0.2) is 0 Å². The van der Waals surface area contributed by atoms with E-state index in [0.717, 1.165) is 19.6 Å². The molecule has 19 heavy (non-hydrogen) atoms. The Hall–Kier alpha value is -1.80. The number of aromatic hydroxyl groups is 1. The van der Waals surface area contributed by atoms with Crippen LogP contribution in [0.15, 0.2) is 60.7 Å². The van der Waals surface area contributed by atoms with E-state index in [2.05, 4.69) is 19.1 Å². The summed E-state index contributed by atoms with van der Waals surface area (Å²) >= 11 is 0. The minimum Gasteiger partial charge on any atom is -0.508 e. The number of hydrogen-bond donors (Lipinski definition) is 1. The molecule has 0 aromatic heterocycles. The van der Waals surface area contributed by atoms with E-state index in [-0.39, 0.29) is 0 Å². The highest BCUT2D eigenvalue weighted by atomic mass is 16.5. The summed E-state index contributed by atoms with van der Waals surface area (Å²) in [4.78, 5) is 0. The molecule has 0 saturated carbocycles. The fraction of sp³-hybridized carbons (Fsp3) is 0.294. The molecular formula is C17H22O2. The predicted molar refractivity (Wildman–Crippen MR) is 79.1 cm³/mol. The summed E-state index contributed by atoms with van der Waals surface area (Å²) < 4.78 is 5.46. The molecule has 2 heteroatoms. The first-order valence-corrected chi connectivity index (χ1v) is 6.68. The van der Waals surface area contributed by atoms with Gasteiger partial charge in [-0.05, 0) is 24.1 Å². The van der Waals surface area contributed by atoms with Crippen LogP contribution in [0.2, 0.25) is 0 Å². The van der Waals surface area contributed by atoms with Gasteiger partial charge in [0.05, 0.1) is 6.61 Å². The molecule has 102 valence electrons. The van der Waals surface area contributed by atoms with Crippen molar-refractivity contribution in [3.63, 3.8) is 0 Å². The summed E-state index contributed by atoms with van der Waals surface area (Å²) in [6, 6.07) is 19.0. The highest BCUT2D eigenvalue weighted by Crippen LogP contribution is 2.03. The molecule has 1 N–H and O–H groups in total. The van der Waals surface area contributed by atoms with Crippen molar-refractivity contribution in [2.45, 2.75) is 26.4 Å². The predicted octanol–water partition coefficient (Wildman–Crippen LogP) is 4.40. The molecule has 0 unspecified atom stereocenters. The van der Waals surface area contributed by atoms with Crippen molar-refractivity contribution in [2.24, 2.45) is 0 Å². The summed E-state index contributed by atoms with van der Waals surface area (Å²) in [5.74, 6) is 0.322. The Labute approximate surface area is 115 Å². The Morgan fingerprint density at radius 3 is 1.95 bits per heavy atom. The molecule has 0 saturated heterocycles. The zero-order valence-electron chi connectivity index (χ0n) is 11.5. The first-order chi connectivity index (χ1) is 9.33. The number of hydrogen-bond acceptors (Lipinski definition) is 2. The van der Waals surface area contributed by atoms with Crippen LogP contribution in [0.1, 0.15) is 25.3 Å². The lowest BCUT2D eigenvalue weighted by Crippen LogP contribution is -1.94. The molecule has 2 aromatic rings. The third-order valence-electron chi connectivity index (χ3n) is 2.51. The maximum Gasteiger partial charge on any atom is 0.115 e. The Morgan fingerprint density at radius 2 is 1.47 bits per heavy atom. The molecule has 0 heterocycles. The third-order valence-corrected chi connectivity index (χ3v) is 2.51. The quantitative estimate of drug-likeness (QED) is 0.806. The molecule has 2 aromatic carbocycles. The summed E-state index contributed by atoms with van der Waals surface area (Å²) in [6.45, 7) is 3.80. The zero-order valence-corrected chi connectivity index (χ0v) is 11.5. The third kappa shape index (κ3) is 8.01. The van der Waals surface area contributed by atoms with E-state index in [0.29, 0.717) is 5.75 Å². The smallest absolute Gasteiger partial charge is 0.115 e. The molecular weight excluding hydrogens is 236 g/mol. The average molecular weight is 258 g/mol. The topological polar surface area (TPSA) is 29.5 Å². The van der Waals surface area contributed by atoms with Gasteiger partial charge in [0.15, 0.2) is 0 Å². The SMILES string of the molecule is CCCCOCc1ccccc1.Oc1ccccc1. The van der Waals surface area contributed by atoms with Crippen LogP contribution in [-0.4, -0.2) is 11.7 Å². The summed E-state index contributed by atoms with van der Waals surface area (Å²) in [7, 11) is 0. The van der Waals surface area contributed by atoms with Gasteiger partial charge in [-0.2, -0.15) is 0 Å². The average Bonchev–Trinajstić information content (AvgIpc) is 2.46. The maximum absolute atomic E-state index is 8.63. The second-order valence-corrected chi connectivity index (χ2v) is 4.23. The van der Waals surface area contributed by atoms with Crippen LogP contribution in [-0.2, 0) is 11.3 Å². The van der Waals surface area contributed by atoms with E-state index in [9.17, 15) is 0 Å². The molecule has 0 fully saturated rings. The molecule has 0 amide bonds. The van der Waals surface area contributed by atoms with E-state index >= 15 is 0 Å². The van der Waals surface area contributed by atoms with Gasteiger partial charge < -0.3 is 9.84 Å². The first kappa shape index (κ1) is 15.3. The number of benzene rings is 2. The minimum absolute atomic E-state index is 0.322. The normalized spacial score (nSPS) is 9.53. The van der Waals surface area contributed by atoms with E-state index in [4.69, 9.17) is 9.84 Å². The summed E-state index contributed by atoms with van der Waals surface area (Å²) in [5, 5.41) is 8.63. The van der Waals surface area contributed by atoms with Gasteiger partial charge in [0, 0.05) is 6.61 Å². The molecule has 0 spiro atoms. The standard InChI is InChI=1S/C11H16O.C6H6O/c1-2-3-9-12-10-11-7-5-4-6-8-11;7-6-4-2-1-3-5-6/h4-8H,2-3,9-10H2,1H3;1-5,7H. The molecule has 2 nitrogen and oxygen atoms in total. The lowest BCUT2D eigenvalue weighted by atomic mass is 10.2. The van der Waals surface area contributed by atoms with Crippen molar-refractivity contribution in [1.29, 1.82) is 0 Å². The minimum atomic E-state index is 0.322. The fourth-order valence-corrected chi connectivity index (χ4v) is 1.44. The van der Waals surface area contributed by atoms with Crippen LogP contribution in [0.5, 0.6) is 5.75 Å². The highest BCUT2D eigenvalue weighted by Gasteiger charge is 1.89. The Balaban J connectivity index is 0.000000218. The summed E-state index contributed by atoms with van der Waals surface area (Å²) in [6.07, 6.45) is 2.36. The van der Waals surface area contributed by atoms with Crippen LogP contribution >= 0.6 is 0 Å². The van der Waals surface area contributed by atoms with Gasteiger partial charge >= 0.3 is 0 Å². The number of rotatable bonds is 5. The maximum atomic E-state index is 8.63. The van der Waals surface area contributed by atoms with E-state index in [1.54, 1.807) is 24.3 Å². The van der Waals surface area contributed by atoms with Crippen LogP contribution in [0.25, 0.3) is 0 Å². The Kier molecular flexibility index (Phi) is 8.15. The second kappa shape index (κ2) is 10.2. The first-order valence-electron chi connectivity index (χ1n) is 6.68. The molecule has 0 bridgehead atoms. The van der Waals surface area contributed by atoms with Crippen LogP contribution in [0.4, 0.5) is 0 Å². The van der Waals surface area contributed by atoms with E-state index < -0.39 is 0 Å². The monoisotopic (exact) mass is 258 g/mol. The number of phenolic OH excluding ortho intramolecular Hbond substituents is 1. The number of para-hydroxylation sites is 1. The van der Waals surface area contributed by atoms with Gasteiger partial charge in [0.1, 0.15) is 5.75 Å². The molecule has 0 aliphatic rings. The largest absolute Gasteiger partial charge is 0.508 e. The van der Waals surface area contributed by atoms with Crippen molar-refractivity contribution in [1.82, 2.24) is 0 Å². The molecule has 0 atom stereocenters. The Morgan fingerprint density at radius 1 is 0.895 bits per heavy atom. The van der Waals surface area contributed by atoms with Gasteiger partial charge in [0.2, 0.25) is 0 Å². The molecule has 0 aliphatic carbocycles. The van der Waals surface area contributed by atoms with Gasteiger partial charge in [-0.15, -0.1) is 0 Å². The molecule has 2 rings (SSSR count). The van der Waals surface area contributed by atoms with Crippen LogP contribution < -0.4 is 0 Å². The van der Waals surface area contributed by atoms with Gasteiger partial charge in [-0.3, -0.25) is 0 Å². The molecule has 0 aliphatic heterocycles. The van der Waals surface area contributed by atoms with Crippen molar-refractivity contribution >= 4 is 0 Å². The number of ether oxygens (including phenoxy) is 1. The van der Waals surface area contributed by atoms with Crippen molar-refractivity contribution in [3.8, 4) is 5.75 Å². The summed E-state index contributed by atoms with van der Waals surface area (Å²) in [5.41, 5.74) is 1.26. The van der Waals surface area contributed by atoms with Crippen LogP contribution in [0, 0.1) is 0 Å². The molecule has 0 radical (unpaired) electrons.